The molecule has 132 valence electrons. The predicted molar refractivity (Wildman–Crippen MR) is 102 cm³/mol. The molecule has 3 aromatic rings. The monoisotopic (exact) mass is 368 g/mol. The summed E-state index contributed by atoms with van der Waals surface area (Å²) in [4.78, 5) is 26.8. The number of hydrogen-bond donors (Lipinski definition) is 3. The molecule has 0 spiro atoms. The van der Waals surface area contributed by atoms with Crippen molar-refractivity contribution in [3.05, 3.63) is 77.0 Å². The Morgan fingerprint density at radius 2 is 2.00 bits per heavy atom. The SMILES string of the molecule is O=C(C=Cc1cccc(Cl)c1)NC(Cc1c[nH]c2ccccc12)C(=O)O. The van der Waals surface area contributed by atoms with Crippen LogP contribution < -0.4 is 5.32 Å². The summed E-state index contributed by atoms with van der Waals surface area (Å²) < 4.78 is 0. The predicted octanol–water partition coefficient (Wildman–Crippen LogP) is 3.65. The number of aromatic nitrogens is 1. The number of aliphatic carboxylic acids is 1. The highest BCUT2D eigenvalue weighted by Crippen LogP contribution is 2.19. The maximum absolute atomic E-state index is 12.1. The second-order valence-corrected chi connectivity index (χ2v) is 6.29. The van der Waals surface area contributed by atoms with E-state index < -0.39 is 17.9 Å². The number of aromatic amines is 1. The van der Waals surface area contributed by atoms with E-state index in [1.807, 2.05) is 24.3 Å². The van der Waals surface area contributed by atoms with Gasteiger partial charge in [-0.1, -0.05) is 41.9 Å². The summed E-state index contributed by atoms with van der Waals surface area (Å²) in [6, 6.07) is 13.6. The molecule has 0 fully saturated rings. The van der Waals surface area contributed by atoms with Gasteiger partial charge in [0.05, 0.1) is 0 Å². The highest BCUT2D eigenvalue weighted by atomic mass is 35.5. The molecular weight excluding hydrogens is 352 g/mol. The standard InChI is InChI=1S/C20H17ClN2O3/c21-15-5-3-4-13(10-15)8-9-19(24)23-18(20(25)26)11-14-12-22-17-7-2-1-6-16(14)17/h1-10,12,18,22H,11H2,(H,23,24)(H,25,26). The summed E-state index contributed by atoms with van der Waals surface area (Å²) in [5.41, 5.74) is 2.53. The van der Waals surface area contributed by atoms with Gasteiger partial charge in [0, 0.05) is 34.6 Å². The number of halogens is 1. The molecule has 3 rings (SSSR count). The lowest BCUT2D eigenvalue weighted by molar-refractivity contribution is -0.141. The maximum atomic E-state index is 12.1. The molecule has 6 heteroatoms. The minimum absolute atomic E-state index is 0.191. The molecule has 2 aromatic carbocycles. The first-order valence-electron chi connectivity index (χ1n) is 8.05. The summed E-state index contributed by atoms with van der Waals surface area (Å²) in [6.07, 6.45) is 4.85. The van der Waals surface area contributed by atoms with E-state index in [2.05, 4.69) is 10.3 Å². The number of benzene rings is 2. The molecule has 5 nitrogen and oxygen atoms in total. The van der Waals surface area contributed by atoms with E-state index in [-0.39, 0.29) is 6.42 Å². The van der Waals surface area contributed by atoms with Gasteiger partial charge in [-0.25, -0.2) is 4.79 Å². The van der Waals surface area contributed by atoms with Crippen LogP contribution in [0.4, 0.5) is 0 Å². The molecule has 0 saturated heterocycles. The second-order valence-electron chi connectivity index (χ2n) is 5.85. The maximum Gasteiger partial charge on any atom is 0.326 e. The van der Waals surface area contributed by atoms with Crippen LogP contribution >= 0.6 is 11.6 Å². The summed E-state index contributed by atoms with van der Waals surface area (Å²) in [7, 11) is 0. The number of rotatable bonds is 6. The smallest absolute Gasteiger partial charge is 0.326 e. The molecule has 0 saturated carbocycles. The van der Waals surface area contributed by atoms with Gasteiger partial charge in [0.1, 0.15) is 6.04 Å². The zero-order valence-corrected chi connectivity index (χ0v) is 14.5. The lowest BCUT2D eigenvalue weighted by Gasteiger charge is -2.12. The molecule has 0 aliphatic rings. The summed E-state index contributed by atoms with van der Waals surface area (Å²) in [5.74, 6) is -1.56. The van der Waals surface area contributed by atoms with Crippen molar-refractivity contribution in [2.24, 2.45) is 0 Å². The van der Waals surface area contributed by atoms with E-state index in [4.69, 9.17) is 11.6 Å². The topological polar surface area (TPSA) is 82.2 Å². The number of amides is 1. The number of fused-ring (bicyclic) bond motifs is 1. The third kappa shape index (κ3) is 4.32. The van der Waals surface area contributed by atoms with Gasteiger partial charge in [-0.05, 0) is 35.4 Å². The Hall–Kier alpha value is -3.05. The van der Waals surface area contributed by atoms with E-state index in [1.54, 1.807) is 36.5 Å². The Morgan fingerprint density at radius 1 is 1.19 bits per heavy atom. The number of H-pyrrole nitrogens is 1. The number of carbonyl (C=O) groups excluding carboxylic acids is 1. The lowest BCUT2D eigenvalue weighted by atomic mass is 10.0. The molecule has 0 aliphatic carbocycles. The average molecular weight is 369 g/mol. The fourth-order valence-electron chi connectivity index (χ4n) is 2.72. The molecule has 0 bridgehead atoms. The highest BCUT2D eigenvalue weighted by molar-refractivity contribution is 6.30. The van der Waals surface area contributed by atoms with E-state index in [9.17, 15) is 14.7 Å². The first-order valence-corrected chi connectivity index (χ1v) is 8.42. The van der Waals surface area contributed by atoms with Gasteiger partial charge < -0.3 is 15.4 Å². The number of nitrogens with one attached hydrogen (secondary N) is 2. The van der Waals surface area contributed by atoms with Crippen LogP contribution in [0.15, 0.2) is 60.8 Å². The second kappa shape index (κ2) is 7.89. The van der Waals surface area contributed by atoms with Crippen molar-refractivity contribution in [2.75, 3.05) is 0 Å². The summed E-state index contributed by atoms with van der Waals surface area (Å²) in [6.45, 7) is 0. The first-order chi connectivity index (χ1) is 12.5. The minimum Gasteiger partial charge on any atom is -0.480 e. The van der Waals surface area contributed by atoms with E-state index in [0.29, 0.717) is 5.02 Å². The number of carbonyl (C=O) groups is 2. The van der Waals surface area contributed by atoms with Crippen molar-refractivity contribution in [1.82, 2.24) is 10.3 Å². The van der Waals surface area contributed by atoms with Crippen LogP contribution in [0.3, 0.4) is 0 Å². The molecular formula is C20H17ClN2O3. The molecule has 26 heavy (non-hydrogen) atoms. The Kier molecular flexibility index (Phi) is 5.39. The quantitative estimate of drug-likeness (QED) is 0.581. The van der Waals surface area contributed by atoms with Crippen molar-refractivity contribution in [2.45, 2.75) is 12.5 Å². The number of carboxylic acid groups (broad SMARTS) is 1. The Bertz CT molecular complexity index is 978. The summed E-state index contributed by atoms with van der Waals surface area (Å²) in [5, 5.41) is 13.5. The third-order valence-corrected chi connectivity index (χ3v) is 4.22. The van der Waals surface area contributed by atoms with Gasteiger partial charge >= 0.3 is 5.97 Å². The van der Waals surface area contributed by atoms with Crippen molar-refractivity contribution in [3.8, 4) is 0 Å². The largest absolute Gasteiger partial charge is 0.480 e. The molecule has 3 N–H and O–H groups in total. The molecule has 1 unspecified atom stereocenters. The molecule has 1 atom stereocenters. The Morgan fingerprint density at radius 3 is 2.77 bits per heavy atom. The zero-order valence-electron chi connectivity index (χ0n) is 13.8. The van der Waals surface area contributed by atoms with Gasteiger partial charge in [-0.2, -0.15) is 0 Å². The zero-order chi connectivity index (χ0) is 18.5. The lowest BCUT2D eigenvalue weighted by Crippen LogP contribution is -2.41. The number of para-hydroxylation sites is 1. The number of carboxylic acids is 1. The Balaban J connectivity index is 1.70. The van der Waals surface area contributed by atoms with Crippen molar-refractivity contribution in [3.63, 3.8) is 0 Å². The molecule has 1 heterocycles. The van der Waals surface area contributed by atoms with Crippen LogP contribution in [-0.4, -0.2) is 28.0 Å². The van der Waals surface area contributed by atoms with Crippen molar-refractivity contribution in [1.29, 1.82) is 0 Å². The van der Waals surface area contributed by atoms with Crippen molar-refractivity contribution >= 4 is 40.5 Å². The fourth-order valence-corrected chi connectivity index (χ4v) is 2.92. The van der Waals surface area contributed by atoms with Gasteiger partial charge in [0.15, 0.2) is 0 Å². The van der Waals surface area contributed by atoms with Crippen LogP contribution in [0.25, 0.3) is 17.0 Å². The average Bonchev–Trinajstić information content (AvgIpc) is 3.02. The van der Waals surface area contributed by atoms with Crippen LogP contribution in [0.2, 0.25) is 5.02 Å². The van der Waals surface area contributed by atoms with E-state index in [0.717, 1.165) is 22.0 Å². The van der Waals surface area contributed by atoms with Crippen LogP contribution in [0, 0.1) is 0 Å². The van der Waals surface area contributed by atoms with Crippen molar-refractivity contribution < 1.29 is 14.7 Å². The van der Waals surface area contributed by atoms with Crippen LogP contribution in [0.5, 0.6) is 0 Å². The van der Waals surface area contributed by atoms with Gasteiger partial charge in [0.2, 0.25) is 5.91 Å². The summed E-state index contributed by atoms with van der Waals surface area (Å²) >= 11 is 5.90. The Labute approximate surface area is 155 Å². The van der Waals surface area contributed by atoms with Crippen LogP contribution in [-0.2, 0) is 16.0 Å². The third-order valence-electron chi connectivity index (χ3n) is 3.99. The van der Waals surface area contributed by atoms with Gasteiger partial charge in [-0.3, -0.25) is 4.79 Å². The molecule has 1 amide bonds. The van der Waals surface area contributed by atoms with E-state index in [1.165, 1.54) is 6.08 Å². The molecule has 0 aliphatic heterocycles. The number of hydrogen-bond acceptors (Lipinski definition) is 2. The first kappa shape index (κ1) is 17.8. The fraction of sp³-hybridized carbons (Fsp3) is 0.100. The van der Waals surface area contributed by atoms with E-state index >= 15 is 0 Å². The molecule has 0 radical (unpaired) electrons. The van der Waals surface area contributed by atoms with Crippen LogP contribution in [0.1, 0.15) is 11.1 Å². The molecule has 1 aromatic heterocycles. The highest BCUT2D eigenvalue weighted by Gasteiger charge is 2.21. The normalized spacial score (nSPS) is 12.3. The van der Waals surface area contributed by atoms with Gasteiger partial charge in [0.25, 0.3) is 0 Å². The minimum atomic E-state index is -1.08. The van der Waals surface area contributed by atoms with Gasteiger partial charge in [-0.15, -0.1) is 0 Å².